The zero-order valence-electron chi connectivity index (χ0n) is 18.2. The van der Waals surface area contributed by atoms with Crippen LogP contribution in [0.5, 0.6) is 0 Å². The molecule has 0 amide bonds. The Hall–Kier alpha value is -0.160. The first-order valence-electron chi connectivity index (χ1n) is 10.4. The van der Waals surface area contributed by atoms with Gasteiger partial charge in [-0.05, 0) is 31.1 Å². The predicted octanol–water partition coefficient (Wildman–Crippen LogP) is 4.24. The van der Waals surface area contributed by atoms with Gasteiger partial charge in [-0.25, -0.2) is 0 Å². The van der Waals surface area contributed by atoms with Gasteiger partial charge in [-0.2, -0.15) is 0 Å². The van der Waals surface area contributed by atoms with Crippen LogP contribution in [0.15, 0.2) is 0 Å². The van der Waals surface area contributed by atoms with Gasteiger partial charge in [0.15, 0.2) is 0 Å². The molecule has 0 saturated carbocycles. The Morgan fingerprint density at radius 1 is 0.560 bits per heavy atom. The van der Waals surface area contributed by atoms with Crippen LogP contribution in [-0.2, 0) is 9.47 Å². The van der Waals surface area contributed by atoms with E-state index in [1.807, 2.05) is 0 Å². The fourth-order valence-electron chi connectivity index (χ4n) is 2.73. The Kier molecular flexibility index (Phi) is 14.9. The minimum Gasteiger partial charge on any atom is -0.380 e. The van der Waals surface area contributed by atoms with E-state index in [0.717, 1.165) is 39.3 Å². The fourth-order valence-corrected chi connectivity index (χ4v) is 2.73. The molecule has 0 spiro atoms. The molecular weight excluding hydrogens is 312 g/mol. The van der Waals surface area contributed by atoms with Crippen LogP contribution in [0.1, 0.15) is 74.7 Å². The van der Waals surface area contributed by atoms with Crippen molar-refractivity contribution in [3.63, 3.8) is 0 Å². The molecule has 0 bridgehead atoms. The first kappa shape index (κ1) is 24.8. The molecule has 0 fully saturated rings. The molecule has 2 atom stereocenters. The summed E-state index contributed by atoms with van der Waals surface area (Å²) in [6, 6.07) is 1.91. The molecule has 0 aromatic carbocycles. The summed E-state index contributed by atoms with van der Waals surface area (Å²) in [5.41, 5.74) is 0. The standard InChI is InChI=1S/C21H46N2O2/c1-16(2)20(22-18(5)6)14-24-12-10-9-11-13-25-15-21(17(3)4)23-19(7)8/h16-23H,9-15H2,1-8H3/t20-,21-/m1/s1. The maximum absolute atomic E-state index is 5.86. The van der Waals surface area contributed by atoms with Crippen molar-refractivity contribution in [3.05, 3.63) is 0 Å². The number of unbranched alkanes of at least 4 members (excludes halogenated alkanes) is 2. The fraction of sp³-hybridized carbons (Fsp3) is 1.00. The maximum Gasteiger partial charge on any atom is 0.0622 e. The lowest BCUT2D eigenvalue weighted by Gasteiger charge is -2.25. The molecule has 2 N–H and O–H groups in total. The zero-order chi connectivity index (χ0) is 19.2. The van der Waals surface area contributed by atoms with Gasteiger partial charge in [-0.15, -0.1) is 0 Å². The quantitative estimate of drug-likeness (QED) is 0.405. The summed E-state index contributed by atoms with van der Waals surface area (Å²) >= 11 is 0. The van der Waals surface area contributed by atoms with Crippen LogP contribution in [0.3, 0.4) is 0 Å². The molecule has 0 radical (unpaired) electrons. The monoisotopic (exact) mass is 358 g/mol. The number of hydrogen-bond donors (Lipinski definition) is 2. The molecule has 0 saturated heterocycles. The Morgan fingerprint density at radius 2 is 0.920 bits per heavy atom. The van der Waals surface area contributed by atoms with Crippen molar-refractivity contribution < 1.29 is 9.47 Å². The van der Waals surface area contributed by atoms with Crippen LogP contribution >= 0.6 is 0 Å². The van der Waals surface area contributed by atoms with Crippen LogP contribution < -0.4 is 10.6 Å². The van der Waals surface area contributed by atoms with E-state index in [0.29, 0.717) is 36.0 Å². The van der Waals surface area contributed by atoms with Gasteiger partial charge >= 0.3 is 0 Å². The summed E-state index contributed by atoms with van der Waals surface area (Å²) < 4.78 is 11.7. The molecule has 0 unspecified atom stereocenters. The summed E-state index contributed by atoms with van der Waals surface area (Å²) in [5.74, 6) is 1.20. The van der Waals surface area contributed by atoms with Crippen molar-refractivity contribution in [2.24, 2.45) is 11.8 Å². The van der Waals surface area contributed by atoms with E-state index in [-0.39, 0.29) is 0 Å². The second kappa shape index (κ2) is 15.0. The van der Waals surface area contributed by atoms with E-state index in [9.17, 15) is 0 Å². The molecule has 0 rings (SSSR count). The number of nitrogens with one attached hydrogen (secondary N) is 2. The minimum atomic E-state index is 0.449. The van der Waals surface area contributed by atoms with Gasteiger partial charge in [0, 0.05) is 37.4 Å². The summed E-state index contributed by atoms with van der Waals surface area (Å²) in [7, 11) is 0. The zero-order valence-corrected chi connectivity index (χ0v) is 18.2. The maximum atomic E-state index is 5.86. The number of ether oxygens (including phenoxy) is 2. The summed E-state index contributed by atoms with van der Waals surface area (Å²) in [6.45, 7) is 21.1. The lowest BCUT2D eigenvalue weighted by molar-refractivity contribution is 0.0803. The predicted molar refractivity (Wildman–Crippen MR) is 109 cm³/mol. The highest BCUT2D eigenvalue weighted by molar-refractivity contribution is 4.73. The van der Waals surface area contributed by atoms with Crippen molar-refractivity contribution >= 4 is 0 Å². The lowest BCUT2D eigenvalue weighted by atomic mass is 10.0. The molecule has 0 heterocycles. The SMILES string of the molecule is CC(C)N[C@H](COCCCCCOC[C@@H](NC(C)C)C(C)C)C(C)C. The van der Waals surface area contributed by atoms with Gasteiger partial charge in [0.2, 0.25) is 0 Å². The van der Waals surface area contributed by atoms with Crippen molar-refractivity contribution in [3.8, 4) is 0 Å². The number of hydrogen-bond acceptors (Lipinski definition) is 4. The van der Waals surface area contributed by atoms with Gasteiger partial charge in [0.25, 0.3) is 0 Å². The van der Waals surface area contributed by atoms with Crippen LogP contribution in [0.2, 0.25) is 0 Å². The highest BCUT2D eigenvalue weighted by atomic mass is 16.5. The van der Waals surface area contributed by atoms with E-state index in [2.05, 4.69) is 66.0 Å². The molecule has 0 aliphatic rings. The van der Waals surface area contributed by atoms with Gasteiger partial charge < -0.3 is 20.1 Å². The van der Waals surface area contributed by atoms with E-state index in [1.165, 1.54) is 6.42 Å². The molecule has 4 nitrogen and oxygen atoms in total. The third-order valence-electron chi connectivity index (χ3n) is 4.38. The molecule has 0 aliphatic carbocycles. The third kappa shape index (κ3) is 14.7. The van der Waals surface area contributed by atoms with Crippen molar-refractivity contribution in [2.45, 2.75) is 98.8 Å². The van der Waals surface area contributed by atoms with Crippen LogP contribution in [0.4, 0.5) is 0 Å². The van der Waals surface area contributed by atoms with Crippen LogP contribution in [0.25, 0.3) is 0 Å². The summed E-state index contributed by atoms with van der Waals surface area (Å²) in [4.78, 5) is 0. The number of rotatable bonds is 16. The molecule has 0 aliphatic heterocycles. The van der Waals surface area contributed by atoms with E-state index in [1.54, 1.807) is 0 Å². The van der Waals surface area contributed by atoms with Crippen LogP contribution in [0, 0.1) is 11.8 Å². The second-order valence-electron chi connectivity index (χ2n) is 8.55. The van der Waals surface area contributed by atoms with Crippen molar-refractivity contribution in [1.82, 2.24) is 10.6 Å². The highest BCUT2D eigenvalue weighted by Gasteiger charge is 2.15. The first-order valence-corrected chi connectivity index (χ1v) is 10.4. The molecule has 25 heavy (non-hydrogen) atoms. The Balaban J connectivity index is 3.63. The largest absolute Gasteiger partial charge is 0.380 e. The smallest absolute Gasteiger partial charge is 0.0622 e. The van der Waals surface area contributed by atoms with E-state index in [4.69, 9.17) is 9.47 Å². The Morgan fingerprint density at radius 3 is 1.20 bits per heavy atom. The Labute approximate surface area is 157 Å². The molecule has 152 valence electrons. The topological polar surface area (TPSA) is 42.5 Å². The molecule has 0 aromatic heterocycles. The summed E-state index contributed by atoms with van der Waals surface area (Å²) in [6.07, 6.45) is 3.41. The van der Waals surface area contributed by atoms with E-state index < -0.39 is 0 Å². The van der Waals surface area contributed by atoms with E-state index >= 15 is 0 Å². The average molecular weight is 359 g/mol. The van der Waals surface area contributed by atoms with Crippen LogP contribution in [-0.4, -0.2) is 50.6 Å². The highest BCUT2D eigenvalue weighted by Crippen LogP contribution is 2.06. The first-order chi connectivity index (χ1) is 11.7. The average Bonchev–Trinajstić information content (AvgIpc) is 2.49. The van der Waals surface area contributed by atoms with Gasteiger partial charge in [-0.1, -0.05) is 55.4 Å². The second-order valence-corrected chi connectivity index (χ2v) is 8.55. The summed E-state index contributed by atoms with van der Waals surface area (Å²) in [5, 5.41) is 7.16. The van der Waals surface area contributed by atoms with Gasteiger partial charge in [0.05, 0.1) is 13.2 Å². The Bertz CT molecular complexity index is 266. The van der Waals surface area contributed by atoms with Gasteiger partial charge in [0.1, 0.15) is 0 Å². The molecule has 4 heteroatoms. The minimum absolute atomic E-state index is 0.449. The normalized spacial score (nSPS) is 14.9. The third-order valence-corrected chi connectivity index (χ3v) is 4.38. The lowest BCUT2D eigenvalue weighted by Crippen LogP contribution is -2.42. The van der Waals surface area contributed by atoms with Crippen molar-refractivity contribution in [1.29, 1.82) is 0 Å². The van der Waals surface area contributed by atoms with Crippen molar-refractivity contribution in [2.75, 3.05) is 26.4 Å². The molecular formula is C21H46N2O2. The van der Waals surface area contributed by atoms with Gasteiger partial charge in [-0.3, -0.25) is 0 Å². The molecule has 0 aromatic rings.